The summed E-state index contributed by atoms with van der Waals surface area (Å²) in [6.07, 6.45) is 1.43. The summed E-state index contributed by atoms with van der Waals surface area (Å²) < 4.78 is 10.8. The Hall–Kier alpha value is -2.20. The Morgan fingerprint density at radius 1 is 1.21 bits per heavy atom. The number of ether oxygens (including phenoxy) is 2. The van der Waals surface area contributed by atoms with Crippen LogP contribution in [0.2, 0.25) is 0 Å². The van der Waals surface area contributed by atoms with Crippen molar-refractivity contribution in [1.29, 1.82) is 10.5 Å². The summed E-state index contributed by atoms with van der Waals surface area (Å²) in [5.41, 5.74) is 2.94. The average molecular weight is 256 g/mol. The fourth-order valence-corrected chi connectivity index (χ4v) is 2.87. The molecule has 1 aromatic carbocycles. The molecule has 0 radical (unpaired) electrons. The maximum absolute atomic E-state index is 9.38. The molecule has 0 saturated heterocycles. The summed E-state index contributed by atoms with van der Waals surface area (Å²) in [6, 6.07) is 6.39. The highest BCUT2D eigenvalue weighted by molar-refractivity contribution is 5.58. The third-order valence-corrected chi connectivity index (χ3v) is 3.74. The predicted molar refractivity (Wildman–Crippen MR) is 70.1 cm³/mol. The molecule has 1 aromatic rings. The zero-order chi connectivity index (χ0) is 14.0. The van der Waals surface area contributed by atoms with Gasteiger partial charge in [-0.25, -0.2) is 0 Å². The number of methoxy groups -OCH3 is 2. The lowest BCUT2D eigenvalue weighted by Gasteiger charge is -2.28. The molecule has 4 nitrogen and oxygen atoms in total. The SMILES string of the molecule is COc1cc(C)c2c(c1OC)CCC(C#N)C2C#N. The van der Waals surface area contributed by atoms with Gasteiger partial charge in [-0.15, -0.1) is 0 Å². The van der Waals surface area contributed by atoms with Crippen molar-refractivity contribution >= 4 is 0 Å². The maximum atomic E-state index is 9.38. The molecule has 19 heavy (non-hydrogen) atoms. The van der Waals surface area contributed by atoms with Crippen LogP contribution in [-0.2, 0) is 6.42 Å². The predicted octanol–water partition coefficient (Wildman–Crippen LogP) is 2.71. The molecule has 4 heteroatoms. The highest BCUT2D eigenvalue weighted by atomic mass is 16.5. The third-order valence-electron chi connectivity index (χ3n) is 3.74. The third kappa shape index (κ3) is 2.00. The van der Waals surface area contributed by atoms with E-state index in [4.69, 9.17) is 9.47 Å². The molecule has 0 amide bonds. The second-order valence-electron chi connectivity index (χ2n) is 4.70. The molecule has 2 unspecified atom stereocenters. The largest absolute Gasteiger partial charge is 0.493 e. The second-order valence-corrected chi connectivity index (χ2v) is 4.70. The Bertz CT molecular complexity index is 581. The van der Waals surface area contributed by atoms with Crippen LogP contribution in [-0.4, -0.2) is 14.2 Å². The lowest BCUT2D eigenvalue weighted by molar-refractivity contribution is 0.346. The van der Waals surface area contributed by atoms with E-state index in [2.05, 4.69) is 12.1 Å². The van der Waals surface area contributed by atoms with Crippen molar-refractivity contribution in [2.75, 3.05) is 14.2 Å². The minimum Gasteiger partial charge on any atom is -0.493 e. The van der Waals surface area contributed by atoms with Crippen molar-refractivity contribution in [3.05, 3.63) is 22.8 Å². The average Bonchev–Trinajstić information content (AvgIpc) is 2.45. The van der Waals surface area contributed by atoms with Gasteiger partial charge in [0.25, 0.3) is 0 Å². The smallest absolute Gasteiger partial charge is 0.164 e. The van der Waals surface area contributed by atoms with E-state index in [1.54, 1.807) is 14.2 Å². The number of nitrogens with zero attached hydrogens (tertiary/aromatic N) is 2. The Labute approximate surface area is 113 Å². The van der Waals surface area contributed by atoms with Crippen LogP contribution in [0, 0.1) is 35.5 Å². The quantitative estimate of drug-likeness (QED) is 0.816. The molecule has 0 saturated carbocycles. The van der Waals surface area contributed by atoms with Gasteiger partial charge < -0.3 is 9.47 Å². The van der Waals surface area contributed by atoms with Gasteiger partial charge in [0.15, 0.2) is 11.5 Å². The van der Waals surface area contributed by atoms with Crippen molar-refractivity contribution in [3.8, 4) is 23.6 Å². The zero-order valence-corrected chi connectivity index (χ0v) is 11.4. The van der Waals surface area contributed by atoms with Crippen LogP contribution in [0.15, 0.2) is 6.07 Å². The molecular weight excluding hydrogens is 240 g/mol. The molecule has 0 heterocycles. The molecule has 0 bridgehead atoms. The fourth-order valence-electron chi connectivity index (χ4n) is 2.87. The minimum absolute atomic E-state index is 0.241. The molecule has 2 rings (SSSR count). The highest BCUT2D eigenvalue weighted by Crippen LogP contribution is 2.45. The minimum atomic E-state index is -0.381. The second kappa shape index (κ2) is 5.20. The summed E-state index contributed by atoms with van der Waals surface area (Å²) in [7, 11) is 3.21. The first-order chi connectivity index (χ1) is 9.17. The molecule has 1 aliphatic rings. The fraction of sp³-hybridized carbons (Fsp3) is 0.467. The van der Waals surface area contributed by atoms with E-state index in [0.717, 1.165) is 23.1 Å². The molecule has 0 fully saturated rings. The lowest BCUT2D eigenvalue weighted by Crippen LogP contribution is -2.20. The highest BCUT2D eigenvalue weighted by Gasteiger charge is 2.34. The van der Waals surface area contributed by atoms with Gasteiger partial charge in [0, 0.05) is 5.56 Å². The maximum Gasteiger partial charge on any atom is 0.164 e. The van der Waals surface area contributed by atoms with Crippen LogP contribution in [0.4, 0.5) is 0 Å². The van der Waals surface area contributed by atoms with Gasteiger partial charge in [0.2, 0.25) is 0 Å². The molecule has 98 valence electrons. The Morgan fingerprint density at radius 3 is 2.47 bits per heavy atom. The number of aryl methyl sites for hydroxylation is 1. The zero-order valence-electron chi connectivity index (χ0n) is 11.4. The van der Waals surface area contributed by atoms with Crippen LogP contribution in [0.3, 0.4) is 0 Å². The molecule has 1 aliphatic carbocycles. The van der Waals surface area contributed by atoms with E-state index < -0.39 is 0 Å². The number of fused-ring (bicyclic) bond motifs is 1. The van der Waals surface area contributed by atoms with Crippen molar-refractivity contribution in [3.63, 3.8) is 0 Å². The van der Waals surface area contributed by atoms with E-state index in [-0.39, 0.29) is 11.8 Å². The molecule has 0 N–H and O–H groups in total. The number of rotatable bonds is 2. The molecule has 0 aliphatic heterocycles. The molecule has 2 atom stereocenters. The van der Waals surface area contributed by atoms with Crippen LogP contribution in [0.1, 0.15) is 29.0 Å². The van der Waals surface area contributed by atoms with Crippen LogP contribution >= 0.6 is 0 Å². The van der Waals surface area contributed by atoms with E-state index in [0.29, 0.717) is 17.9 Å². The van der Waals surface area contributed by atoms with Crippen molar-refractivity contribution in [2.45, 2.75) is 25.7 Å². The number of hydrogen-bond acceptors (Lipinski definition) is 4. The van der Waals surface area contributed by atoms with Crippen molar-refractivity contribution in [2.24, 2.45) is 5.92 Å². The Balaban J connectivity index is 2.68. The van der Waals surface area contributed by atoms with Crippen LogP contribution in [0.25, 0.3) is 0 Å². The molecular formula is C15H16N2O2. The van der Waals surface area contributed by atoms with Gasteiger partial charge in [-0.3, -0.25) is 0 Å². The summed E-state index contributed by atoms with van der Waals surface area (Å²) in [5, 5.41) is 18.6. The Kier molecular flexibility index (Phi) is 3.62. The van der Waals surface area contributed by atoms with E-state index in [1.165, 1.54) is 0 Å². The van der Waals surface area contributed by atoms with E-state index in [1.807, 2.05) is 13.0 Å². The monoisotopic (exact) mass is 256 g/mol. The van der Waals surface area contributed by atoms with E-state index >= 15 is 0 Å². The van der Waals surface area contributed by atoms with Gasteiger partial charge in [-0.2, -0.15) is 10.5 Å². The Morgan fingerprint density at radius 2 is 1.95 bits per heavy atom. The first-order valence-corrected chi connectivity index (χ1v) is 6.21. The lowest BCUT2D eigenvalue weighted by atomic mass is 9.74. The van der Waals surface area contributed by atoms with E-state index in [9.17, 15) is 10.5 Å². The normalized spacial score (nSPS) is 20.9. The van der Waals surface area contributed by atoms with Gasteiger partial charge in [0.05, 0.1) is 38.2 Å². The summed E-state index contributed by atoms with van der Waals surface area (Å²) in [5.74, 6) is 0.758. The summed E-state index contributed by atoms with van der Waals surface area (Å²) in [6.45, 7) is 1.95. The number of benzene rings is 1. The number of hydrogen-bond donors (Lipinski definition) is 0. The number of nitriles is 2. The topological polar surface area (TPSA) is 66.0 Å². The first kappa shape index (κ1) is 13.2. The molecule has 0 aromatic heterocycles. The van der Waals surface area contributed by atoms with Gasteiger partial charge in [-0.1, -0.05) is 0 Å². The first-order valence-electron chi connectivity index (χ1n) is 6.21. The van der Waals surface area contributed by atoms with Gasteiger partial charge >= 0.3 is 0 Å². The summed E-state index contributed by atoms with van der Waals surface area (Å²) in [4.78, 5) is 0. The molecule has 0 spiro atoms. The van der Waals surface area contributed by atoms with Crippen molar-refractivity contribution < 1.29 is 9.47 Å². The standard InChI is InChI=1S/C15H16N2O2/c1-9-6-13(18-2)15(19-3)11-5-4-10(7-16)12(8-17)14(9)11/h6,10,12H,4-5H2,1-3H3. The van der Waals surface area contributed by atoms with Crippen LogP contribution in [0.5, 0.6) is 11.5 Å². The van der Waals surface area contributed by atoms with Gasteiger partial charge in [0.1, 0.15) is 0 Å². The van der Waals surface area contributed by atoms with Gasteiger partial charge in [-0.05, 0) is 37.0 Å². The van der Waals surface area contributed by atoms with Crippen molar-refractivity contribution in [1.82, 2.24) is 0 Å². The summed E-state index contributed by atoms with van der Waals surface area (Å²) >= 11 is 0. The van der Waals surface area contributed by atoms with Crippen LogP contribution < -0.4 is 9.47 Å².